The van der Waals surface area contributed by atoms with Crippen LogP contribution in [0.2, 0.25) is 0 Å². The molecule has 2 heterocycles. The molecule has 0 aliphatic carbocycles. The Morgan fingerprint density at radius 1 is 1.35 bits per heavy atom. The molecule has 2 atom stereocenters. The van der Waals surface area contributed by atoms with Crippen LogP contribution >= 0.6 is 0 Å². The summed E-state index contributed by atoms with van der Waals surface area (Å²) >= 11 is 0. The molecule has 1 aromatic heterocycles. The number of nitrogens with two attached hydrogens (primary N) is 1. The Morgan fingerprint density at radius 3 is 2.80 bits per heavy atom. The van der Waals surface area contributed by atoms with Crippen LogP contribution in [0.4, 0.5) is 4.39 Å². The Labute approximate surface area is 115 Å². The number of halogens is 1. The average Bonchev–Trinajstić information content (AvgIpc) is 3.12. The summed E-state index contributed by atoms with van der Waals surface area (Å²) in [6.07, 6.45) is 0.906. The van der Waals surface area contributed by atoms with Crippen molar-refractivity contribution >= 4 is 0 Å². The number of aromatic nitrogens is 2. The Hall–Kier alpha value is -1.79. The van der Waals surface area contributed by atoms with Crippen molar-refractivity contribution in [1.82, 2.24) is 10.1 Å². The van der Waals surface area contributed by atoms with Crippen LogP contribution < -0.4 is 5.73 Å². The van der Waals surface area contributed by atoms with E-state index in [0.717, 1.165) is 18.6 Å². The molecule has 3 rings (SSSR count). The van der Waals surface area contributed by atoms with Gasteiger partial charge >= 0.3 is 0 Å². The lowest BCUT2D eigenvalue weighted by Crippen LogP contribution is -2.14. The summed E-state index contributed by atoms with van der Waals surface area (Å²) in [5, 5.41) is 4.01. The Morgan fingerprint density at radius 2 is 2.15 bits per heavy atom. The molecule has 1 saturated heterocycles. The minimum atomic E-state index is -0.279. The predicted octanol–water partition coefficient (Wildman–Crippen LogP) is 1.80. The van der Waals surface area contributed by atoms with Crippen LogP contribution in [0.1, 0.15) is 35.5 Å². The summed E-state index contributed by atoms with van der Waals surface area (Å²) in [5.74, 6) is 0.844. The van der Waals surface area contributed by atoms with Gasteiger partial charge in [-0.2, -0.15) is 4.98 Å². The maximum absolute atomic E-state index is 13.0. The molecular weight excluding hydrogens is 261 g/mol. The number of benzene rings is 1. The molecule has 20 heavy (non-hydrogen) atoms. The topological polar surface area (TPSA) is 74.2 Å². The average molecular weight is 277 g/mol. The zero-order chi connectivity index (χ0) is 13.9. The zero-order valence-corrected chi connectivity index (χ0v) is 11.0. The highest BCUT2D eigenvalue weighted by atomic mass is 19.1. The summed E-state index contributed by atoms with van der Waals surface area (Å²) in [6, 6.07) is 6.19. The number of nitrogens with zero attached hydrogens (tertiary/aromatic N) is 2. The molecule has 2 N–H and O–H groups in total. The number of rotatable bonds is 4. The summed E-state index contributed by atoms with van der Waals surface area (Å²) in [5.41, 5.74) is 6.66. The van der Waals surface area contributed by atoms with Gasteiger partial charge in [-0.3, -0.25) is 0 Å². The molecule has 6 heteroatoms. The standard InChI is InChI=1S/C14H16FN3O2/c15-11-3-1-9(2-4-11)12(7-16)14-17-13(18-20-14)10-5-6-19-8-10/h1-4,10,12H,5-8,16H2. The van der Waals surface area contributed by atoms with E-state index in [1.54, 1.807) is 12.1 Å². The fourth-order valence-electron chi connectivity index (χ4n) is 2.37. The third-order valence-corrected chi connectivity index (χ3v) is 3.56. The molecule has 1 aliphatic rings. The molecule has 0 amide bonds. The highest BCUT2D eigenvalue weighted by Crippen LogP contribution is 2.27. The Kier molecular flexibility index (Phi) is 3.75. The van der Waals surface area contributed by atoms with Gasteiger partial charge in [0.05, 0.1) is 12.5 Å². The van der Waals surface area contributed by atoms with Gasteiger partial charge in [0.15, 0.2) is 5.82 Å². The van der Waals surface area contributed by atoms with Crippen molar-refractivity contribution in [3.8, 4) is 0 Å². The molecule has 2 unspecified atom stereocenters. The quantitative estimate of drug-likeness (QED) is 0.922. The van der Waals surface area contributed by atoms with Crippen LogP contribution in [-0.4, -0.2) is 29.9 Å². The van der Waals surface area contributed by atoms with Gasteiger partial charge in [0.25, 0.3) is 0 Å². The van der Waals surface area contributed by atoms with E-state index in [1.807, 2.05) is 0 Å². The number of ether oxygens (including phenoxy) is 1. The maximum Gasteiger partial charge on any atom is 0.235 e. The highest BCUT2D eigenvalue weighted by Gasteiger charge is 2.26. The minimum absolute atomic E-state index is 0.194. The SMILES string of the molecule is NCC(c1ccc(F)cc1)c1nc(C2CCOC2)no1. The molecule has 1 fully saturated rings. The number of hydrogen-bond donors (Lipinski definition) is 1. The van der Waals surface area contributed by atoms with Crippen molar-refractivity contribution in [2.24, 2.45) is 5.73 Å². The minimum Gasteiger partial charge on any atom is -0.381 e. The fourth-order valence-corrected chi connectivity index (χ4v) is 2.37. The molecule has 106 valence electrons. The lowest BCUT2D eigenvalue weighted by Gasteiger charge is -2.10. The van der Waals surface area contributed by atoms with Gasteiger partial charge in [-0.05, 0) is 24.1 Å². The first kappa shape index (κ1) is 13.2. The first-order valence-corrected chi connectivity index (χ1v) is 6.64. The van der Waals surface area contributed by atoms with E-state index in [0.29, 0.717) is 24.9 Å². The van der Waals surface area contributed by atoms with Crippen molar-refractivity contribution in [2.45, 2.75) is 18.3 Å². The van der Waals surface area contributed by atoms with E-state index in [9.17, 15) is 4.39 Å². The van der Waals surface area contributed by atoms with Gasteiger partial charge < -0.3 is 15.0 Å². The van der Waals surface area contributed by atoms with E-state index in [1.165, 1.54) is 12.1 Å². The van der Waals surface area contributed by atoms with Crippen molar-refractivity contribution in [3.05, 3.63) is 47.4 Å². The van der Waals surface area contributed by atoms with E-state index in [-0.39, 0.29) is 17.7 Å². The number of hydrogen-bond acceptors (Lipinski definition) is 5. The third kappa shape index (κ3) is 2.57. The molecule has 0 bridgehead atoms. The molecule has 0 radical (unpaired) electrons. The Bertz CT molecular complexity index is 564. The second-order valence-corrected chi connectivity index (χ2v) is 4.89. The normalized spacial score (nSPS) is 20.2. The van der Waals surface area contributed by atoms with Crippen LogP contribution in [0.5, 0.6) is 0 Å². The van der Waals surface area contributed by atoms with Gasteiger partial charge in [0.2, 0.25) is 5.89 Å². The van der Waals surface area contributed by atoms with E-state index in [4.69, 9.17) is 15.0 Å². The van der Waals surface area contributed by atoms with Crippen molar-refractivity contribution in [2.75, 3.05) is 19.8 Å². The highest BCUT2D eigenvalue weighted by molar-refractivity contribution is 5.25. The first-order chi connectivity index (χ1) is 9.78. The van der Waals surface area contributed by atoms with E-state index in [2.05, 4.69) is 10.1 Å². The monoisotopic (exact) mass is 277 g/mol. The van der Waals surface area contributed by atoms with Gasteiger partial charge in [0, 0.05) is 19.1 Å². The molecule has 1 aliphatic heterocycles. The van der Waals surface area contributed by atoms with Crippen molar-refractivity contribution < 1.29 is 13.7 Å². The molecule has 5 nitrogen and oxygen atoms in total. The van der Waals surface area contributed by atoms with Gasteiger partial charge in [0.1, 0.15) is 5.82 Å². The summed E-state index contributed by atoms with van der Waals surface area (Å²) < 4.78 is 23.6. The van der Waals surface area contributed by atoms with Crippen LogP contribution in [0.25, 0.3) is 0 Å². The fraction of sp³-hybridized carbons (Fsp3) is 0.429. The first-order valence-electron chi connectivity index (χ1n) is 6.64. The predicted molar refractivity (Wildman–Crippen MR) is 69.8 cm³/mol. The van der Waals surface area contributed by atoms with Crippen LogP contribution in [0.3, 0.4) is 0 Å². The van der Waals surface area contributed by atoms with Crippen LogP contribution in [0, 0.1) is 5.82 Å². The molecular formula is C14H16FN3O2. The molecule has 0 saturated carbocycles. The van der Waals surface area contributed by atoms with Crippen LogP contribution in [-0.2, 0) is 4.74 Å². The largest absolute Gasteiger partial charge is 0.381 e. The van der Waals surface area contributed by atoms with Gasteiger partial charge in [-0.1, -0.05) is 17.3 Å². The zero-order valence-electron chi connectivity index (χ0n) is 11.0. The lowest BCUT2D eigenvalue weighted by molar-refractivity contribution is 0.192. The maximum atomic E-state index is 13.0. The molecule has 2 aromatic rings. The Balaban J connectivity index is 1.83. The summed E-state index contributed by atoms with van der Waals surface area (Å²) in [6.45, 7) is 1.68. The van der Waals surface area contributed by atoms with Crippen molar-refractivity contribution in [3.63, 3.8) is 0 Å². The van der Waals surface area contributed by atoms with Gasteiger partial charge in [-0.25, -0.2) is 4.39 Å². The van der Waals surface area contributed by atoms with Gasteiger partial charge in [-0.15, -0.1) is 0 Å². The second-order valence-electron chi connectivity index (χ2n) is 4.89. The summed E-state index contributed by atoms with van der Waals surface area (Å²) in [7, 11) is 0. The van der Waals surface area contributed by atoms with Crippen LogP contribution in [0.15, 0.2) is 28.8 Å². The van der Waals surface area contributed by atoms with E-state index >= 15 is 0 Å². The second kappa shape index (κ2) is 5.68. The lowest BCUT2D eigenvalue weighted by atomic mass is 9.99. The smallest absolute Gasteiger partial charge is 0.235 e. The van der Waals surface area contributed by atoms with E-state index < -0.39 is 0 Å². The van der Waals surface area contributed by atoms with Crippen molar-refractivity contribution in [1.29, 1.82) is 0 Å². The third-order valence-electron chi connectivity index (χ3n) is 3.56. The molecule has 0 spiro atoms. The summed E-state index contributed by atoms with van der Waals surface area (Å²) in [4.78, 5) is 4.43. The molecule has 1 aromatic carbocycles.